The SMILES string of the molecule is CC=C(C)C(=O)OC1C(OC(=O)C=Cc2ccccc2)C2COC(=O)CCC(=O)C(OC(C)=O)CCCCCC(CCC)OC3OC(C)C(OC(C)=O)C(OC(C)=O)C3OC(O2)C1OC(C)=O. The van der Waals surface area contributed by atoms with E-state index in [2.05, 4.69) is 0 Å². The first-order chi connectivity index (χ1) is 31.9. The van der Waals surface area contributed by atoms with Gasteiger partial charge in [0.25, 0.3) is 0 Å². The molecule has 0 amide bonds. The lowest BCUT2D eigenvalue weighted by Crippen LogP contribution is -2.67. The summed E-state index contributed by atoms with van der Waals surface area (Å²) in [4.78, 5) is 104. The van der Waals surface area contributed by atoms with Crippen molar-refractivity contribution in [3.05, 3.63) is 53.6 Å². The lowest BCUT2D eigenvalue weighted by Gasteiger charge is -2.48. The fourth-order valence-electron chi connectivity index (χ4n) is 7.80. The van der Waals surface area contributed by atoms with Crippen LogP contribution in [0.25, 0.3) is 6.08 Å². The molecule has 3 saturated heterocycles. The van der Waals surface area contributed by atoms with Crippen molar-refractivity contribution in [1.82, 2.24) is 0 Å². The number of allylic oxidation sites excluding steroid dienone is 1. The lowest BCUT2D eigenvalue weighted by molar-refractivity contribution is -0.370. The summed E-state index contributed by atoms with van der Waals surface area (Å²) in [5.41, 5.74) is 0.743. The van der Waals surface area contributed by atoms with E-state index in [9.17, 15) is 38.4 Å². The number of benzene rings is 1. The minimum absolute atomic E-state index is 0.108. The van der Waals surface area contributed by atoms with Crippen molar-refractivity contribution in [3.8, 4) is 0 Å². The van der Waals surface area contributed by atoms with Gasteiger partial charge in [-0.3, -0.25) is 28.8 Å². The van der Waals surface area contributed by atoms with E-state index in [-0.39, 0.29) is 18.4 Å². The third kappa shape index (κ3) is 17.0. The van der Waals surface area contributed by atoms with Crippen molar-refractivity contribution in [1.29, 1.82) is 0 Å². The van der Waals surface area contributed by atoms with Crippen LogP contribution in [0.2, 0.25) is 0 Å². The van der Waals surface area contributed by atoms with Crippen molar-refractivity contribution in [3.63, 3.8) is 0 Å². The molecule has 0 spiro atoms. The number of ketones is 1. The Morgan fingerprint density at radius 2 is 1.31 bits per heavy atom. The number of carbonyl (C=O) groups is 8. The van der Waals surface area contributed by atoms with Gasteiger partial charge in [0.05, 0.1) is 18.6 Å². The number of rotatable bonds is 11. The molecule has 3 heterocycles. The van der Waals surface area contributed by atoms with E-state index in [1.807, 2.05) is 6.92 Å². The van der Waals surface area contributed by atoms with Gasteiger partial charge < -0.3 is 52.1 Å². The molecule has 1 aromatic carbocycles. The maximum atomic E-state index is 13.7. The first-order valence-corrected chi connectivity index (χ1v) is 22.7. The number of Topliss-reactive ketones (excluding diaryl/α,β-unsaturated/α-hetero) is 1. The monoisotopic (exact) mass is 944 g/mol. The molecule has 1 aromatic rings. The maximum Gasteiger partial charge on any atom is 0.333 e. The van der Waals surface area contributed by atoms with Crippen molar-refractivity contribution in [2.24, 2.45) is 0 Å². The predicted molar refractivity (Wildman–Crippen MR) is 233 cm³/mol. The van der Waals surface area contributed by atoms with Crippen LogP contribution in [0.5, 0.6) is 0 Å². The van der Waals surface area contributed by atoms with E-state index in [1.54, 1.807) is 44.2 Å². The number of ether oxygens (including phenoxy) is 11. The second-order valence-electron chi connectivity index (χ2n) is 16.5. The van der Waals surface area contributed by atoms with Crippen molar-refractivity contribution in [2.75, 3.05) is 6.61 Å². The molecule has 19 nitrogen and oxygen atoms in total. The van der Waals surface area contributed by atoms with Gasteiger partial charge in [0.1, 0.15) is 12.7 Å². The van der Waals surface area contributed by atoms with E-state index < -0.39 is 134 Å². The van der Waals surface area contributed by atoms with Crippen molar-refractivity contribution < 1.29 is 90.5 Å². The normalized spacial score (nSPS) is 30.4. The van der Waals surface area contributed by atoms with Crippen LogP contribution >= 0.6 is 0 Å². The Hall–Kier alpha value is -5.50. The zero-order valence-electron chi connectivity index (χ0n) is 39.4. The van der Waals surface area contributed by atoms with Gasteiger partial charge in [0, 0.05) is 45.8 Å². The molecule has 3 fully saturated rings. The third-order valence-electron chi connectivity index (χ3n) is 11.1. The van der Waals surface area contributed by atoms with Gasteiger partial charge in [0.15, 0.2) is 61.1 Å². The molecular formula is C48H64O19. The van der Waals surface area contributed by atoms with Crippen LogP contribution in [0.1, 0.15) is 119 Å². The summed E-state index contributed by atoms with van der Waals surface area (Å²) < 4.78 is 66.3. The topological polar surface area (TPSA) is 238 Å². The van der Waals surface area contributed by atoms with Crippen LogP contribution < -0.4 is 0 Å². The van der Waals surface area contributed by atoms with Crippen LogP contribution in [0.3, 0.4) is 0 Å². The largest absolute Gasteiger partial charge is 0.463 e. The summed E-state index contributed by atoms with van der Waals surface area (Å²) in [5, 5.41) is 0. The molecule has 2 bridgehead atoms. The molecule has 0 aliphatic carbocycles. The molecule has 3 aliphatic heterocycles. The Kier molecular flexibility index (Phi) is 21.6. The quantitative estimate of drug-likeness (QED) is 0.159. The van der Waals surface area contributed by atoms with Gasteiger partial charge in [-0.2, -0.15) is 0 Å². The molecule has 4 rings (SSSR count). The van der Waals surface area contributed by atoms with E-state index in [0.29, 0.717) is 44.1 Å². The average molecular weight is 945 g/mol. The van der Waals surface area contributed by atoms with E-state index in [4.69, 9.17) is 52.1 Å². The second-order valence-corrected chi connectivity index (χ2v) is 16.5. The summed E-state index contributed by atoms with van der Waals surface area (Å²) >= 11 is 0. The highest BCUT2D eigenvalue weighted by Gasteiger charge is 2.57. The van der Waals surface area contributed by atoms with Gasteiger partial charge >= 0.3 is 41.8 Å². The number of cyclic esters (lactones) is 1. The van der Waals surface area contributed by atoms with Gasteiger partial charge in [0.2, 0.25) is 0 Å². The summed E-state index contributed by atoms with van der Waals surface area (Å²) in [6.07, 6.45) is -10.0. The van der Waals surface area contributed by atoms with Crippen molar-refractivity contribution >= 4 is 53.6 Å². The Morgan fingerprint density at radius 1 is 0.672 bits per heavy atom. The first-order valence-electron chi connectivity index (χ1n) is 22.7. The molecular weight excluding hydrogens is 881 g/mol. The molecule has 370 valence electrons. The molecule has 19 heteroatoms. The van der Waals surface area contributed by atoms with Gasteiger partial charge in [-0.15, -0.1) is 0 Å². The van der Waals surface area contributed by atoms with E-state index in [0.717, 1.165) is 26.8 Å². The van der Waals surface area contributed by atoms with Crippen LogP contribution in [0, 0.1) is 0 Å². The molecule has 0 aromatic heterocycles. The van der Waals surface area contributed by atoms with Gasteiger partial charge in [-0.25, -0.2) is 9.59 Å². The summed E-state index contributed by atoms with van der Waals surface area (Å²) in [7, 11) is 0. The van der Waals surface area contributed by atoms with Gasteiger partial charge in [-0.1, -0.05) is 62.6 Å². The van der Waals surface area contributed by atoms with E-state index in [1.165, 1.54) is 26.0 Å². The smallest absolute Gasteiger partial charge is 0.333 e. The molecule has 12 unspecified atom stereocenters. The number of hydrogen-bond acceptors (Lipinski definition) is 19. The fourth-order valence-corrected chi connectivity index (χ4v) is 7.80. The molecule has 0 N–H and O–H groups in total. The van der Waals surface area contributed by atoms with E-state index >= 15 is 0 Å². The lowest BCUT2D eigenvalue weighted by atomic mass is 9.96. The highest BCUT2D eigenvalue weighted by Crippen LogP contribution is 2.37. The molecule has 0 saturated carbocycles. The second kappa shape index (κ2) is 26.7. The van der Waals surface area contributed by atoms with Crippen LogP contribution in [0.15, 0.2) is 48.1 Å². The number of hydrogen-bond donors (Lipinski definition) is 0. The standard InChI is InChI=1S/C48H64O19/c1-9-17-34-20-15-12-16-21-36(59-29(5)49)35(53)23-25-38(54)57-26-37-41(65-39(55)24-22-33-18-13-11-14-19-33)43(66-46(56)27(3)10-2)44(62-32(8)52)48(64-37)67-45-42(61-31(7)51)40(60-30(6)50)28(4)58-47(45)63-34/h10-11,13-14,18-19,22,24,28,34,36-37,40-45,47-48H,9,12,15-17,20-21,23,25-26H2,1-8H3. The summed E-state index contributed by atoms with van der Waals surface area (Å²) in [6, 6.07) is 8.76. The number of carbonyl (C=O) groups excluding carboxylic acids is 8. The highest BCUT2D eigenvalue weighted by atomic mass is 16.8. The Bertz CT molecular complexity index is 1930. The fraction of sp³-hybridized carbons (Fsp3) is 0.625. The zero-order chi connectivity index (χ0) is 49.2. The van der Waals surface area contributed by atoms with Gasteiger partial charge in [-0.05, 0) is 58.1 Å². The highest BCUT2D eigenvalue weighted by molar-refractivity contribution is 5.89. The molecule has 3 aliphatic rings. The summed E-state index contributed by atoms with van der Waals surface area (Å²) in [5.74, 6) is -6.39. The Morgan fingerprint density at radius 3 is 1.96 bits per heavy atom. The number of fused-ring (bicyclic) bond motifs is 3. The molecule has 0 radical (unpaired) electrons. The number of esters is 7. The minimum atomic E-state index is -1.84. The molecule has 12 atom stereocenters. The first kappa shape index (κ1) is 54.1. The van der Waals surface area contributed by atoms with Crippen LogP contribution in [0.4, 0.5) is 0 Å². The summed E-state index contributed by atoms with van der Waals surface area (Å²) in [6.45, 7) is 10.4. The Balaban J connectivity index is 1.90. The van der Waals surface area contributed by atoms with Crippen molar-refractivity contribution in [2.45, 2.75) is 187 Å². The van der Waals surface area contributed by atoms with Crippen LogP contribution in [-0.4, -0.2) is 128 Å². The van der Waals surface area contributed by atoms with Crippen LogP contribution in [-0.2, 0) is 90.5 Å². The Labute approximate surface area is 390 Å². The minimum Gasteiger partial charge on any atom is -0.463 e. The zero-order valence-corrected chi connectivity index (χ0v) is 39.4. The average Bonchev–Trinajstić information content (AvgIpc) is 3.27. The molecule has 67 heavy (non-hydrogen) atoms. The predicted octanol–water partition coefficient (Wildman–Crippen LogP) is 5.11. The third-order valence-corrected chi connectivity index (χ3v) is 11.1. The maximum absolute atomic E-state index is 13.7.